The summed E-state index contributed by atoms with van der Waals surface area (Å²) in [6.07, 6.45) is 11.9. The van der Waals surface area contributed by atoms with Gasteiger partial charge in [-0.3, -0.25) is 0 Å². The molecule has 2 aliphatic rings. The summed E-state index contributed by atoms with van der Waals surface area (Å²) in [5.74, 6) is -0.139. The smallest absolute Gasteiger partial charge is 0.339 e. The number of benzene rings is 3. The first-order valence-electron chi connectivity index (χ1n) is 17.7. The Kier molecular flexibility index (Phi) is 10.1. The van der Waals surface area contributed by atoms with E-state index in [4.69, 9.17) is 0 Å². The minimum atomic E-state index is -0.993. The van der Waals surface area contributed by atoms with Gasteiger partial charge in [-0.2, -0.15) is 0 Å². The van der Waals surface area contributed by atoms with Crippen molar-refractivity contribution < 1.29 is 24.9 Å². The number of nitrogens with one attached hydrogen (secondary N) is 2. The number of carbonyl (C=O) groups is 2. The van der Waals surface area contributed by atoms with Crippen molar-refractivity contribution in [2.45, 2.75) is 44.9 Å². The maximum atomic E-state index is 11.8. The van der Waals surface area contributed by atoms with Crippen molar-refractivity contribution >= 4 is 72.7 Å². The number of phenolic OH excluding ortho intramolecular Hbond substituents is 1. The van der Waals surface area contributed by atoms with Crippen LogP contribution in [-0.4, -0.2) is 46.4 Å². The number of nitrogens with zero attached hydrogens (tertiary/aromatic N) is 4. The first-order chi connectivity index (χ1) is 26.0. The summed E-state index contributed by atoms with van der Waals surface area (Å²) in [5.41, 5.74) is 8.03. The van der Waals surface area contributed by atoms with Crippen molar-refractivity contribution in [1.29, 1.82) is 0 Å². The van der Waals surface area contributed by atoms with Gasteiger partial charge >= 0.3 is 11.9 Å². The van der Waals surface area contributed by atoms with E-state index in [-0.39, 0.29) is 24.3 Å². The number of carboxylic acids is 2. The fourth-order valence-electron chi connectivity index (χ4n) is 6.88. The molecule has 0 aliphatic heterocycles. The highest BCUT2D eigenvalue weighted by Crippen LogP contribution is 2.42. The Hall–Kier alpha value is -6.14. The van der Waals surface area contributed by atoms with E-state index in [2.05, 4.69) is 36.5 Å². The SMILES string of the molecule is C.Cn1ccc2cc(Nc3ncc(C4CC4)cc3C(=O)O)cc(-c3ccc(O)cc3)c21.Cn1ccc2cc(Nc3ncc(C4CC4)cc3C(=O)O)cc(Br)c21. The van der Waals surface area contributed by atoms with E-state index in [0.29, 0.717) is 23.5 Å². The fourth-order valence-corrected chi connectivity index (χ4v) is 7.63. The summed E-state index contributed by atoms with van der Waals surface area (Å²) in [7, 11) is 3.97. The number of aromatic nitrogens is 4. The molecule has 0 unspecified atom stereocenters. The zero-order chi connectivity index (χ0) is 37.7. The molecule has 7 aromatic rings. The second kappa shape index (κ2) is 14.9. The van der Waals surface area contributed by atoms with Crippen LogP contribution in [-0.2, 0) is 14.1 Å². The summed E-state index contributed by atoms with van der Waals surface area (Å²) in [5, 5.41) is 37.3. The summed E-state index contributed by atoms with van der Waals surface area (Å²) < 4.78 is 5.03. The summed E-state index contributed by atoms with van der Waals surface area (Å²) >= 11 is 3.58. The molecule has 5 N–H and O–H groups in total. The molecule has 4 heterocycles. The number of carboxylic acid groups (broad SMARTS) is 2. The normalized spacial score (nSPS) is 13.5. The van der Waals surface area contributed by atoms with Crippen molar-refractivity contribution in [3.8, 4) is 16.9 Å². The van der Waals surface area contributed by atoms with Crippen LogP contribution in [0.2, 0.25) is 0 Å². The van der Waals surface area contributed by atoms with Crippen LogP contribution in [0, 0.1) is 0 Å². The van der Waals surface area contributed by atoms with Crippen molar-refractivity contribution in [3.05, 3.63) is 124 Å². The van der Waals surface area contributed by atoms with Gasteiger partial charge in [-0.25, -0.2) is 19.6 Å². The number of aromatic carboxylic acids is 2. The Labute approximate surface area is 326 Å². The predicted octanol–water partition coefficient (Wildman–Crippen LogP) is 10.6. The maximum absolute atomic E-state index is 11.8. The number of hydrogen-bond donors (Lipinski definition) is 5. The standard InChI is InChI=1S/C24H21N3O3.C18H16BrN3O2.CH4/c1-27-9-8-16-10-18(12-20(22(16)27)15-4-6-19(28)7-5-15)26-23-21(24(29)30)11-17(13-25-23)14-2-3-14;1-22-5-4-11-6-13(8-15(19)16(11)22)21-17-14(18(23)24)7-12(9-20-17)10-2-3-10;/h4-14,28H,2-3H2,1H3,(H,25,26)(H,29,30);4-10H,2-3H2,1H3,(H,20,21)(H,23,24);1H4. The molecule has 0 radical (unpaired) electrons. The van der Waals surface area contributed by atoms with Crippen molar-refractivity contribution in [2.24, 2.45) is 14.1 Å². The average Bonchev–Trinajstić information content (AvgIpc) is 4.09. The molecule has 4 aromatic heterocycles. The van der Waals surface area contributed by atoms with Gasteiger partial charge in [-0.05, 0) is 131 Å². The maximum Gasteiger partial charge on any atom is 0.339 e. The third-order valence-corrected chi connectivity index (χ3v) is 10.6. The van der Waals surface area contributed by atoms with Gasteiger partial charge in [0.15, 0.2) is 0 Å². The molecule has 0 bridgehead atoms. The Balaban J connectivity index is 0.000000170. The molecule has 2 saturated carbocycles. The van der Waals surface area contributed by atoms with E-state index in [1.807, 2.05) is 84.2 Å². The number of anilines is 4. The fraction of sp³-hybridized carbons (Fsp3) is 0.209. The summed E-state index contributed by atoms with van der Waals surface area (Å²) in [6.45, 7) is 0. The Morgan fingerprint density at radius 2 is 1.16 bits per heavy atom. The van der Waals surface area contributed by atoms with Crippen molar-refractivity contribution in [3.63, 3.8) is 0 Å². The van der Waals surface area contributed by atoms with Gasteiger partial charge in [0.25, 0.3) is 0 Å². The van der Waals surface area contributed by atoms with Crippen LogP contribution in [0.4, 0.5) is 23.0 Å². The van der Waals surface area contributed by atoms with E-state index >= 15 is 0 Å². The van der Waals surface area contributed by atoms with Crippen LogP contribution < -0.4 is 10.6 Å². The first-order valence-corrected chi connectivity index (χ1v) is 18.4. The third kappa shape index (κ3) is 7.76. The third-order valence-electron chi connectivity index (χ3n) is 9.97. The zero-order valence-electron chi connectivity index (χ0n) is 29.5. The van der Waals surface area contributed by atoms with Gasteiger partial charge < -0.3 is 35.1 Å². The van der Waals surface area contributed by atoms with E-state index in [9.17, 15) is 24.9 Å². The van der Waals surface area contributed by atoms with Gasteiger partial charge in [-0.1, -0.05) is 19.6 Å². The molecule has 11 nitrogen and oxygen atoms in total. The van der Waals surface area contributed by atoms with Gasteiger partial charge in [-0.15, -0.1) is 0 Å². The molecule has 2 aliphatic carbocycles. The number of phenols is 1. The quantitative estimate of drug-likeness (QED) is 0.0959. The molecule has 3 aromatic carbocycles. The minimum Gasteiger partial charge on any atom is -0.508 e. The lowest BCUT2D eigenvalue weighted by molar-refractivity contribution is 0.0686. The van der Waals surface area contributed by atoms with Crippen LogP contribution in [0.15, 0.2) is 102 Å². The molecule has 2 fully saturated rings. The number of pyridine rings is 2. The molecular formula is C43H41BrN6O5. The Morgan fingerprint density at radius 1 is 0.691 bits per heavy atom. The molecule has 280 valence electrons. The van der Waals surface area contributed by atoms with Gasteiger partial charge in [0, 0.05) is 71.1 Å². The number of aryl methyl sites for hydroxylation is 2. The van der Waals surface area contributed by atoms with Crippen LogP contribution in [0.1, 0.15) is 76.8 Å². The molecule has 0 amide bonds. The highest BCUT2D eigenvalue weighted by atomic mass is 79.9. The lowest BCUT2D eigenvalue weighted by atomic mass is 10.0. The van der Waals surface area contributed by atoms with Gasteiger partial charge in [0.2, 0.25) is 0 Å². The molecule has 12 heteroatoms. The molecule has 0 saturated heterocycles. The van der Waals surface area contributed by atoms with E-state index in [1.54, 1.807) is 36.7 Å². The number of fused-ring (bicyclic) bond motifs is 2. The van der Waals surface area contributed by atoms with Gasteiger partial charge in [0.1, 0.15) is 28.5 Å². The number of rotatable bonds is 9. The molecule has 0 atom stereocenters. The Bertz CT molecular complexity index is 2590. The van der Waals surface area contributed by atoms with Crippen LogP contribution in [0.25, 0.3) is 32.9 Å². The largest absolute Gasteiger partial charge is 0.508 e. The second-order valence-electron chi connectivity index (χ2n) is 14.0. The van der Waals surface area contributed by atoms with Gasteiger partial charge in [0.05, 0.1) is 11.0 Å². The van der Waals surface area contributed by atoms with E-state index in [1.165, 1.54) is 0 Å². The second-order valence-corrected chi connectivity index (χ2v) is 14.9. The highest BCUT2D eigenvalue weighted by molar-refractivity contribution is 9.10. The van der Waals surface area contributed by atoms with Crippen molar-refractivity contribution in [1.82, 2.24) is 19.1 Å². The molecule has 55 heavy (non-hydrogen) atoms. The predicted molar refractivity (Wildman–Crippen MR) is 220 cm³/mol. The van der Waals surface area contributed by atoms with Crippen molar-refractivity contribution in [2.75, 3.05) is 10.6 Å². The lowest BCUT2D eigenvalue weighted by Crippen LogP contribution is -2.06. The van der Waals surface area contributed by atoms with E-state index < -0.39 is 11.9 Å². The monoisotopic (exact) mass is 800 g/mol. The number of hydrogen-bond acceptors (Lipinski definition) is 7. The average molecular weight is 802 g/mol. The zero-order valence-corrected chi connectivity index (χ0v) is 31.1. The highest BCUT2D eigenvalue weighted by Gasteiger charge is 2.27. The van der Waals surface area contributed by atoms with Crippen LogP contribution in [0.3, 0.4) is 0 Å². The van der Waals surface area contributed by atoms with Crippen LogP contribution in [0.5, 0.6) is 5.75 Å². The van der Waals surface area contributed by atoms with Crippen LogP contribution >= 0.6 is 15.9 Å². The molecule has 0 spiro atoms. The summed E-state index contributed by atoms with van der Waals surface area (Å²) in [4.78, 5) is 32.2. The molecular weight excluding hydrogens is 760 g/mol. The minimum absolute atomic E-state index is 0. The number of aromatic hydroxyl groups is 1. The lowest BCUT2D eigenvalue weighted by Gasteiger charge is -2.14. The number of halogens is 1. The molecule has 9 rings (SSSR count). The Morgan fingerprint density at radius 3 is 1.65 bits per heavy atom. The van der Waals surface area contributed by atoms with E-state index in [0.717, 1.165) is 85.6 Å². The topological polar surface area (TPSA) is 155 Å². The first kappa shape index (κ1) is 37.2. The summed E-state index contributed by atoms with van der Waals surface area (Å²) in [6, 6.07) is 22.5.